The molecule has 6 rings (SSSR count). The van der Waals surface area contributed by atoms with Crippen molar-refractivity contribution in [2.75, 3.05) is 49.1 Å². The number of benzene rings is 4. The van der Waals surface area contributed by atoms with Gasteiger partial charge in [0.1, 0.15) is 0 Å². The molecule has 0 aromatic heterocycles. The molecule has 44 heavy (non-hydrogen) atoms. The molecule has 4 aromatic carbocycles. The lowest BCUT2D eigenvalue weighted by Gasteiger charge is -2.36. The van der Waals surface area contributed by atoms with E-state index in [4.69, 9.17) is 11.6 Å². The SMILES string of the molecule is Cc1ccccc1CN1C(=O)C(=Cc2ccc(C(=O)NCCN3CCN(c4cccc(Cl)c4)CC3)cc2)Sc2ccccc21. The highest BCUT2D eigenvalue weighted by atomic mass is 35.5. The van der Waals surface area contributed by atoms with Gasteiger partial charge in [-0.05, 0) is 72.2 Å². The lowest BCUT2D eigenvalue weighted by molar-refractivity contribution is -0.114. The molecule has 8 heteroatoms. The summed E-state index contributed by atoms with van der Waals surface area (Å²) in [5.41, 5.74) is 5.85. The van der Waals surface area contributed by atoms with Crippen LogP contribution in [0.1, 0.15) is 27.0 Å². The normalized spacial score (nSPS) is 16.2. The third-order valence-corrected chi connectivity index (χ3v) is 9.46. The molecule has 2 aliphatic heterocycles. The first-order chi connectivity index (χ1) is 21.4. The molecular formula is C36H35ClN4O2S. The fourth-order valence-corrected chi connectivity index (χ4v) is 6.83. The van der Waals surface area contributed by atoms with Crippen molar-refractivity contribution < 1.29 is 9.59 Å². The molecule has 0 aliphatic carbocycles. The quantitative estimate of drug-likeness (QED) is 0.217. The molecule has 1 fully saturated rings. The molecule has 0 bridgehead atoms. The van der Waals surface area contributed by atoms with E-state index in [1.54, 1.807) is 0 Å². The van der Waals surface area contributed by atoms with Crippen LogP contribution >= 0.6 is 23.4 Å². The van der Waals surface area contributed by atoms with Crippen molar-refractivity contribution in [3.05, 3.63) is 129 Å². The van der Waals surface area contributed by atoms with Gasteiger partial charge in [0, 0.05) is 60.4 Å². The molecule has 0 unspecified atom stereocenters. The van der Waals surface area contributed by atoms with Crippen molar-refractivity contribution in [2.24, 2.45) is 0 Å². The van der Waals surface area contributed by atoms with Gasteiger partial charge in [0.25, 0.3) is 11.8 Å². The minimum absolute atomic E-state index is 0.0211. The van der Waals surface area contributed by atoms with E-state index >= 15 is 0 Å². The van der Waals surface area contributed by atoms with E-state index in [2.05, 4.69) is 46.3 Å². The van der Waals surface area contributed by atoms with Crippen LogP contribution < -0.4 is 15.1 Å². The maximum absolute atomic E-state index is 13.7. The van der Waals surface area contributed by atoms with Gasteiger partial charge in [-0.25, -0.2) is 0 Å². The Kier molecular flexibility index (Phi) is 9.36. The first-order valence-corrected chi connectivity index (χ1v) is 16.1. The highest BCUT2D eigenvalue weighted by Gasteiger charge is 2.29. The zero-order valence-electron chi connectivity index (χ0n) is 24.7. The Morgan fingerprint density at radius 1 is 0.909 bits per heavy atom. The van der Waals surface area contributed by atoms with E-state index in [1.807, 2.05) is 83.8 Å². The number of anilines is 2. The fraction of sp³-hybridized carbons (Fsp3) is 0.222. The number of halogens is 1. The van der Waals surface area contributed by atoms with Crippen molar-refractivity contribution in [3.63, 3.8) is 0 Å². The third-order valence-electron chi connectivity index (χ3n) is 8.15. The van der Waals surface area contributed by atoms with E-state index in [1.165, 1.54) is 11.8 Å². The van der Waals surface area contributed by atoms with Gasteiger partial charge < -0.3 is 15.1 Å². The van der Waals surface area contributed by atoms with E-state index < -0.39 is 0 Å². The van der Waals surface area contributed by atoms with Crippen LogP contribution in [0.15, 0.2) is 107 Å². The number of aryl methyl sites for hydroxylation is 1. The largest absolute Gasteiger partial charge is 0.369 e. The smallest absolute Gasteiger partial charge is 0.265 e. The van der Waals surface area contributed by atoms with E-state index in [0.717, 1.165) is 70.7 Å². The number of thioether (sulfide) groups is 1. The highest BCUT2D eigenvalue weighted by molar-refractivity contribution is 8.04. The lowest BCUT2D eigenvalue weighted by Crippen LogP contribution is -2.48. The number of carbonyl (C=O) groups is 2. The number of carbonyl (C=O) groups excluding carboxylic acids is 2. The molecule has 0 saturated carbocycles. The number of para-hydroxylation sites is 1. The number of amides is 2. The molecule has 2 aliphatic rings. The standard InChI is InChI=1S/C36H35ClN4O2S/c1-26-7-2-3-8-29(26)25-41-32-11-4-5-12-33(32)44-34(36(41)43)23-27-13-15-28(16-14-27)35(42)38-17-18-39-19-21-40(22-20-39)31-10-6-9-30(37)24-31/h2-16,23-24H,17-22,25H2,1H3,(H,38,42). The lowest BCUT2D eigenvalue weighted by atomic mass is 10.1. The van der Waals surface area contributed by atoms with E-state index in [0.29, 0.717) is 23.6 Å². The van der Waals surface area contributed by atoms with Gasteiger partial charge in [-0.15, -0.1) is 0 Å². The van der Waals surface area contributed by atoms with Crippen molar-refractivity contribution in [3.8, 4) is 0 Å². The molecule has 2 amide bonds. The maximum atomic E-state index is 13.7. The summed E-state index contributed by atoms with van der Waals surface area (Å²) in [5.74, 6) is -0.115. The maximum Gasteiger partial charge on any atom is 0.265 e. The van der Waals surface area contributed by atoms with Crippen LogP contribution in [0.5, 0.6) is 0 Å². The monoisotopic (exact) mass is 622 g/mol. The minimum atomic E-state index is -0.0942. The van der Waals surface area contributed by atoms with Crippen molar-refractivity contribution in [1.29, 1.82) is 0 Å². The second kappa shape index (κ2) is 13.7. The number of fused-ring (bicyclic) bond motifs is 1. The Balaban J connectivity index is 1.04. The molecule has 1 N–H and O–H groups in total. The van der Waals surface area contributed by atoms with Gasteiger partial charge in [0.2, 0.25) is 0 Å². The Hall–Kier alpha value is -4.04. The Labute approximate surface area is 268 Å². The molecular weight excluding hydrogens is 588 g/mol. The first kappa shape index (κ1) is 30.0. The van der Waals surface area contributed by atoms with E-state index in [9.17, 15) is 9.59 Å². The van der Waals surface area contributed by atoms with Gasteiger partial charge in [-0.3, -0.25) is 14.5 Å². The minimum Gasteiger partial charge on any atom is -0.369 e. The van der Waals surface area contributed by atoms with Gasteiger partial charge in [-0.2, -0.15) is 0 Å². The fourth-order valence-electron chi connectivity index (χ4n) is 5.59. The van der Waals surface area contributed by atoms with Crippen molar-refractivity contribution >= 4 is 52.6 Å². The van der Waals surface area contributed by atoms with Crippen LogP contribution in [0.3, 0.4) is 0 Å². The molecule has 0 atom stereocenters. The zero-order chi connectivity index (χ0) is 30.5. The van der Waals surface area contributed by atoms with Crippen LogP contribution in [0, 0.1) is 6.92 Å². The zero-order valence-corrected chi connectivity index (χ0v) is 26.3. The van der Waals surface area contributed by atoms with Gasteiger partial charge in [0.15, 0.2) is 0 Å². The molecule has 0 spiro atoms. The number of rotatable bonds is 8. The van der Waals surface area contributed by atoms with Crippen molar-refractivity contribution in [2.45, 2.75) is 18.4 Å². The molecule has 2 heterocycles. The summed E-state index contributed by atoms with van der Waals surface area (Å²) >= 11 is 7.64. The Bertz CT molecular complexity index is 1680. The van der Waals surface area contributed by atoms with Crippen LogP contribution in [-0.2, 0) is 11.3 Å². The molecule has 1 saturated heterocycles. The van der Waals surface area contributed by atoms with Gasteiger partial charge in [0.05, 0.1) is 17.1 Å². The summed E-state index contributed by atoms with van der Waals surface area (Å²) in [6.45, 7) is 7.72. The molecule has 6 nitrogen and oxygen atoms in total. The number of nitrogens with one attached hydrogen (secondary N) is 1. The molecule has 224 valence electrons. The Morgan fingerprint density at radius 2 is 1.66 bits per heavy atom. The number of nitrogens with zero attached hydrogens (tertiary/aromatic N) is 3. The van der Waals surface area contributed by atoms with Crippen LogP contribution in [0.4, 0.5) is 11.4 Å². The predicted molar refractivity (Wildman–Crippen MR) is 182 cm³/mol. The van der Waals surface area contributed by atoms with Crippen LogP contribution in [0.25, 0.3) is 6.08 Å². The topological polar surface area (TPSA) is 55.9 Å². The van der Waals surface area contributed by atoms with Gasteiger partial charge >= 0.3 is 0 Å². The second-order valence-corrected chi connectivity index (χ2v) is 12.6. The number of hydrogen-bond donors (Lipinski definition) is 1. The van der Waals surface area contributed by atoms with Crippen LogP contribution in [-0.4, -0.2) is 56.0 Å². The number of hydrogen-bond acceptors (Lipinski definition) is 5. The number of piperazine rings is 1. The Morgan fingerprint density at radius 3 is 2.43 bits per heavy atom. The van der Waals surface area contributed by atoms with Crippen LogP contribution in [0.2, 0.25) is 5.02 Å². The average molecular weight is 623 g/mol. The van der Waals surface area contributed by atoms with E-state index in [-0.39, 0.29) is 11.8 Å². The first-order valence-electron chi connectivity index (χ1n) is 14.9. The highest BCUT2D eigenvalue weighted by Crippen LogP contribution is 2.42. The molecule has 4 aromatic rings. The predicted octanol–water partition coefficient (Wildman–Crippen LogP) is 6.88. The summed E-state index contributed by atoms with van der Waals surface area (Å²) in [7, 11) is 0. The summed E-state index contributed by atoms with van der Waals surface area (Å²) in [6, 6.07) is 31.6. The third kappa shape index (κ3) is 7.02. The average Bonchev–Trinajstić information content (AvgIpc) is 3.04. The molecule has 0 radical (unpaired) electrons. The summed E-state index contributed by atoms with van der Waals surface area (Å²) < 4.78 is 0. The second-order valence-electron chi connectivity index (χ2n) is 11.1. The van der Waals surface area contributed by atoms with Gasteiger partial charge in [-0.1, -0.05) is 78.0 Å². The summed E-state index contributed by atoms with van der Waals surface area (Å²) in [5, 5.41) is 3.81. The van der Waals surface area contributed by atoms with Crippen molar-refractivity contribution in [1.82, 2.24) is 10.2 Å². The summed E-state index contributed by atoms with van der Waals surface area (Å²) in [6.07, 6.45) is 1.92. The summed E-state index contributed by atoms with van der Waals surface area (Å²) in [4.78, 5) is 34.8.